The molecule has 0 amide bonds. The van der Waals surface area contributed by atoms with Crippen LogP contribution in [-0.4, -0.2) is 12.6 Å². The van der Waals surface area contributed by atoms with Crippen LogP contribution in [0.2, 0.25) is 0 Å². The van der Waals surface area contributed by atoms with Crippen LogP contribution in [0.3, 0.4) is 0 Å². The molecule has 2 nitrogen and oxygen atoms in total. The molecule has 1 aromatic rings. The Hall–Kier alpha value is -0.860. The minimum absolute atomic E-state index is 0.256. The SMILES string of the molecule is NCC(OCc1ccccc1)C12CC3CC(CC(C3)C1)C2. The molecule has 114 valence electrons. The van der Waals surface area contributed by atoms with Crippen molar-refractivity contribution in [1.82, 2.24) is 0 Å². The van der Waals surface area contributed by atoms with Crippen LogP contribution in [0.25, 0.3) is 0 Å². The summed E-state index contributed by atoms with van der Waals surface area (Å²) in [5, 5.41) is 0. The van der Waals surface area contributed by atoms with E-state index in [9.17, 15) is 0 Å². The van der Waals surface area contributed by atoms with Crippen LogP contribution >= 0.6 is 0 Å². The van der Waals surface area contributed by atoms with E-state index in [2.05, 4.69) is 30.3 Å². The average Bonchev–Trinajstić information content (AvgIpc) is 2.47. The molecule has 0 spiro atoms. The number of nitrogens with two attached hydrogens (primary N) is 1. The second-order valence-electron chi connectivity index (χ2n) is 7.80. The largest absolute Gasteiger partial charge is 0.372 e. The highest BCUT2D eigenvalue weighted by atomic mass is 16.5. The number of benzene rings is 1. The fourth-order valence-electron chi connectivity index (χ4n) is 5.84. The first-order chi connectivity index (χ1) is 10.3. The molecule has 0 aromatic heterocycles. The summed E-state index contributed by atoms with van der Waals surface area (Å²) in [5.41, 5.74) is 7.80. The predicted molar refractivity (Wildman–Crippen MR) is 84.7 cm³/mol. The van der Waals surface area contributed by atoms with E-state index in [4.69, 9.17) is 10.5 Å². The molecule has 1 unspecified atom stereocenters. The van der Waals surface area contributed by atoms with E-state index in [1.165, 1.54) is 44.1 Å². The van der Waals surface area contributed by atoms with Gasteiger partial charge in [-0.05, 0) is 67.3 Å². The molecule has 2 N–H and O–H groups in total. The molecular formula is C19H27NO. The minimum Gasteiger partial charge on any atom is -0.372 e. The van der Waals surface area contributed by atoms with Gasteiger partial charge in [-0.1, -0.05) is 30.3 Å². The van der Waals surface area contributed by atoms with Gasteiger partial charge in [0, 0.05) is 6.54 Å². The molecule has 21 heavy (non-hydrogen) atoms. The molecule has 2 heteroatoms. The summed E-state index contributed by atoms with van der Waals surface area (Å²) < 4.78 is 6.34. The first-order valence-corrected chi connectivity index (χ1v) is 8.63. The third-order valence-electron chi connectivity index (χ3n) is 6.28. The van der Waals surface area contributed by atoms with E-state index in [1.807, 2.05) is 0 Å². The van der Waals surface area contributed by atoms with Gasteiger partial charge in [0.15, 0.2) is 0 Å². The van der Waals surface area contributed by atoms with Crippen LogP contribution in [-0.2, 0) is 11.3 Å². The Morgan fingerprint density at radius 1 is 1.00 bits per heavy atom. The van der Waals surface area contributed by atoms with Gasteiger partial charge in [-0.3, -0.25) is 0 Å². The molecule has 0 radical (unpaired) electrons. The van der Waals surface area contributed by atoms with Crippen molar-refractivity contribution in [1.29, 1.82) is 0 Å². The molecule has 4 fully saturated rings. The maximum absolute atomic E-state index is 6.34. The Morgan fingerprint density at radius 2 is 1.57 bits per heavy atom. The third-order valence-corrected chi connectivity index (χ3v) is 6.28. The van der Waals surface area contributed by atoms with Crippen molar-refractivity contribution in [2.75, 3.05) is 6.54 Å². The molecular weight excluding hydrogens is 258 g/mol. The Kier molecular flexibility index (Phi) is 3.55. The summed E-state index contributed by atoms with van der Waals surface area (Å²) in [6.07, 6.45) is 8.81. The molecule has 5 rings (SSSR count). The van der Waals surface area contributed by atoms with Crippen LogP contribution in [0.5, 0.6) is 0 Å². The lowest BCUT2D eigenvalue weighted by molar-refractivity contribution is -0.142. The summed E-state index contributed by atoms with van der Waals surface area (Å²) in [4.78, 5) is 0. The van der Waals surface area contributed by atoms with Crippen molar-refractivity contribution in [3.8, 4) is 0 Å². The average molecular weight is 285 g/mol. The van der Waals surface area contributed by atoms with Crippen LogP contribution < -0.4 is 5.73 Å². The molecule has 0 saturated heterocycles. The van der Waals surface area contributed by atoms with Gasteiger partial charge in [-0.15, -0.1) is 0 Å². The zero-order valence-electron chi connectivity index (χ0n) is 12.8. The summed E-state index contributed by atoms with van der Waals surface area (Å²) in [6.45, 7) is 1.39. The first-order valence-electron chi connectivity index (χ1n) is 8.63. The molecule has 4 bridgehead atoms. The summed E-state index contributed by atoms with van der Waals surface area (Å²) in [7, 11) is 0. The normalized spacial score (nSPS) is 38.6. The van der Waals surface area contributed by atoms with Crippen molar-refractivity contribution >= 4 is 0 Å². The monoisotopic (exact) mass is 285 g/mol. The topological polar surface area (TPSA) is 35.2 Å². The van der Waals surface area contributed by atoms with E-state index in [-0.39, 0.29) is 6.10 Å². The predicted octanol–water partition coefficient (Wildman–Crippen LogP) is 3.75. The van der Waals surface area contributed by atoms with Gasteiger partial charge in [-0.2, -0.15) is 0 Å². The van der Waals surface area contributed by atoms with Crippen LogP contribution in [0, 0.1) is 23.2 Å². The zero-order valence-corrected chi connectivity index (χ0v) is 12.8. The van der Waals surface area contributed by atoms with Gasteiger partial charge in [-0.25, -0.2) is 0 Å². The molecule has 0 heterocycles. The van der Waals surface area contributed by atoms with Crippen LogP contribution in [0.15, 0.2) is 30.3 Å². The fourth-order valence-corrected chi connectivity index (χ4v) is 5.84. The van der Waals surface area contributed by atoms with E-state index in [1.54, 1.807) is 0 Å². The number of hydrogen-bond donors (Lipinski definition) is 1. The molecule has 4 aliphatic rings. The van der Waals surface area contributed by atoms with E-state index >= 15 is 0 Å². The highest BCUT2D eigenvalue weighted by Gasteiger charge is 2.54. The number of ether oxygens (including phenoxy) is 1. The Balaban J connectivity index is 1.48. The Bertz CT molecular complexity index is 448. The van der Waals surface area contributed by atoms with E-state index < -0.39 is 0 Å². The summed E-state index contributed by atoms with van der Waals surface area (Å²) >= 11 is 0. The van der Waals surface area contributed by atoms with Gasteiger partial charge in [0.25, 0.3) is 0 Å². The highest BCUT2D eigenvalue weighted by Crippen LogP contribution is 2.61. The lowest BCUT2D eigenvalue weighted by Crippen LogP contribution is -2.54. The fraction of sp³-hybridized carbons (Fsp3) is 0.684. The number of rotatable bonds is 5. The van der Waals surface area contributed by atoms with Crippen molar-refractivity contribution in [3.63, 3.8) is 0 Å². The van der Waals surface area contributed by atoms with Gasteiger partial charge < -0.3 is 10.5 Å². The van der Waals surface area contributed by atoms with E-state index in [0.29, 0.717) is 18.6 Å². The molecule has 0 aliphatic heterocycles. The highest BCUT2D eigenvalue weighted by molar-refractivity contribution is 5.13. The maximum atomic E-state index is 6.34. The van der Waals surface area contributed by atoms with Crippen molar-refractivity contribution in [3.05, 3.63) is 35.9 Å². The van der Waals surface area contributed by atoms with E-state index in [0.717, 1.165) is 17.8 Å². The number of hydrogen-bond acceptors (Lipinski definition) is 2. The first kappa shape index (κ1) is 13.8. The maximum Gasteiger partial charge on any atom is 0.0758 e. The van der Waals surface area contributed by atoms with Crippen molar-refractivity contribution in [2.45, 2.75) is 51.2 Å². The molecule has 4 saturated carbocycles. The molecule has 1 atom stereocenters. The Morgan fingerprint density at radius 3 is 2.10 bits per heavy atom. The van der Waals surface area contributed by atoms with Gasteiger partial charge in [0.05, 0.1) is 12.7 Å². The Labute approximate surface area is 128 Å². The zero-order chi connectivity index (χ0) is 14.3. The minimum atomic E-state index is 0.256. The van der Waals surface area contributed by atoms with Gasteiger partial charge >= 0.3 is 0 Å². The smallest absolute Gasteiger partial charge is 0.0758 e. The molecule has 1 aromatic carbocycles. The quantitative estimate of drug-likeness (QED) is 0.894. The van der Waals surface area contributed by atoms with Crippen molar-refractivity contribution in [2.24, 2.45) is 28.9 Å². The standard InChI is InChI=1S/C19H27NO/c20-12-18(21-13-14-4-2-1-3-5-14)19-9-15-6-16(10-19)8-17(7-15)11-19/h1-5,15-18H,6-13,20H2. The van der Waals surface area contributed by atoms with Gasteiger partial charge in [0.2, 0.25) is 0 Å². The lowest BCUT2D eigenvalue weighted by atomic mass is 9.48. The third kappa shape index (κ3) is 2.53. The summed E-state index contributed by atoms with van der Waals surface area (Å²) in [6, 6.07) is 10.5. The summed E-state index contributed by atoms with van der Waals surface area (Å²) in [5.74, 6) is 2.89. The van der Waals surface area contributed by atoms with Gasteiger partial charge in [0.1, 0.15) is 0 Å². The second kappa shape index (κ2) is 5.40. The molecule has 4 aliphatic carbocycles. The van der Waals surface area contributed by atoms with Crippen LogP contribution in [0.4, 0.5) is 0 Å². The lowest BCUT2D eigenvalue weighted by Gasteiger charge is -2.59. The van der Waals surface area contributed by atoms with Crippen molar-refractivity contribution < 1.29 is 4.74 Å². The van der Waals surface area contributed by atoms with Crippen LogP contribution in [0.1, 0.15) is 44.1 Å². The second-order valence-corrected chi connectivity index (χ2v) is 7.80.